The number of ether oxygens (including phenoxy) is 1. The lowest BCUT2D eigenvalue weighted by Gasteiger charge is -2.24. The number of rotatable bonds is 5. The van der Waals surface area contributed by atoms with Gasteiger partial charge in [0, 0.05) is 23.1 Å². The summed E-state index contributed by atoms with van der Waals surface area (Å²) in [6.07, 6.45) is -0.0373. The number of methoxy groups -OCH3 is 1. The standard InChI is InChI=1S/C18H16N2O5S/c1-25-12-4-2-3-11(8-12)19-16(21)9-15-17(22)20-13-6-5-10(18(23)24)7-14(13)26-15/h2-8,15H,9H2,1H3,(H,19,21)(H,20,22)(H,23,24)/t15-/m0/s1. The number of fused-ring (bicyclic) bond motifs is 1. The van der Waals surface area contributed by atoms with Gasteiger partial charge in [-0.25, -0.2) is 4.79 Å². The molecule has 1 atom stereocenters. The normalized spacial score (nSPS) is 15.6. The molecule has 26 heavy (non-hydrogen) atoms. The molecular weight excluding hydrogens is 356 g/mol. The Morgan fingerprint density at radius 3 is 2.81 bits per heavy atom. The van der Waals surface area contributed by atoms with Gasteiger partial charge in [0.2, 0.25) is 11.8 Å². The summed E-state index contributed by atoms with van der Waals surface area (Å²) >= 11 is 1.18. The number of hydrogen-bond donors (Lipinski definition) is 3. The fourth-order valence-electron chi connectivity index (χ4n) is 2.49. The molecule has 2 aromatic rings. The van der Waals surface area contributed by atoms with Crippen LogP contribution in [0.2, 0.25) is 0 Å². The summed E-state index contributed by atoms with van der Waals surface area (Å²) in [7, 11) is 1.53. The van der Waals surface area contributed by atoms with Crippen molar-refractivity contribution in [2.24, 2.45) is 0 Å². The Balaban J connectivity index is 1.69. The van der Waals surface area contributed by atoms with Crippen molar-refractivity contribution in [1.82, 2.24) is 0 Å². The van der Waals surface area contributed by atoms with Crippen molar-refractivity contribution in [2.75, 3.05) is 17.7 Å². The van der Waals surface area contributed by atoms with E-state index in [2.05, 4.69) is 10.6 Å². The van der Waals surface area contributed by atoms with Crippen molar-refractivity contribution in [3.8, 4) is 5.75 Å². The van der Waals surface area contributed by atoms with E-state index in [1.54, 1.807) is 30.3 Å². The molecule has 1 aliphatic heterocycles. The summed E-state index contributed by atoms with van der Waals surface area (Å²) < 4.78 is 5.11. The fraction of sp³-hybridized carbons (Fsp3) is 0.167. The van der Waals surface area contributed by atoms with Gasteiger partial charge in [-0.2, -0.15) is 0 Å². The summed E-state index contributed by atoms with van der Waals surface area (Å²) in [5, 5.41) is 13.9. The van der Waals surface area contributed by atoms with Crippen LogP contribution in [0.3, 0.4) is 0 Å². The van der Waals surface area contributed by atoms with Crippen LogP contribution in [-0.4, -0.2) is 35.2 Å². The highest BCUT2D eigenvalue weighted by Gasteiger charge is 2.29. The lowest BCUT2D eigenvalue weighted by atomic mass is 10.2. The van der Waals surface area contributed by atoms with Gasteiger partial charge in [-0.05, 0) is 30.3 Å². The van der Waals surface area contributed by atoms with Crippen LogP contribution in [0.4, 0.5) is 11.4 Å². The summed E-state index contributed by atoms with van der Waals surface area (Å²) in [5.41, 5.74) is 1.26. The molecule has 0 unspecified atom stereocenters. The summed E-state index contributed by atoms with van der Waals surface area (Å²) in [4.78, 5) is 36.2. The third-order valence-electron chi connectivity index (χ3n) is 3.77. The predicted octanol–water partition coefficient (Wildman–Crippen LogP) is 2.83. The van der Waals surface area contributed by atoms with Crippen LogP contribution < -0.4 is 15.4 Å². The molecule has 1 heterocycles. The van der Waals surface area contributed by atoms with Gasteiger partial charge in [0.05, 0.1) is 23.6 Å². The minimum absolute atomic E-state index is 0.0373. The van der Waals surface area contributed by atoms with Crippen LogP contribution >= 0.6 is 11.8 Å². The van der Waals surface area contributed by atoms with E-state index in [9.17, 15) is 14.4 Å². The smallest absolute Gasteiger partial charge is 0.335 e. The van der Waals surface area contributed by atoms with Gasteiger partial charge in [0.15, 0.2) is 0 Å². The minimum atomic E-state index is -1.04. The van der Waals surface area contributed by atoms with Crippen molar-refractivity contribution < 1.29 is 24.2 Å². The van der Waals surface area contributed by atoms with Crippen LogP contribution in [-0.2, 0) is 9.59 Å². The molecule has 2 amide bonds. The Labute approximate surface area is 153 Å². The van der Waals surface area contributed by atoms with E-state index in [0.717, 1.165) is 0 Å². The zero-order chi connectivity index (χ0) is 18.7. The van der Waals surface area contributed by atoms with E-state index in [1.807, 2.05) is 0 Å². The second-order valence-electron chi connectivity index (χ2n) is 5.60. The number of nitrogens with one attached hydrogen (secondary N) is 2. The molecule has 0 fully saturated rings. The minimum Gasteiger partial charge on any atom is -0.497 e. The number of anilines is 2. The van der Waals surface area contributed by atoms with Gasteiger partial charge >= 0.3 is 5.97 Å². The number of aromatic carboxylic acids is 1. The number of amides is 2. The number of thioether (sulfide) groups is 1. The lowest BCUT2D eigenvalue weighted by Crippen LogP contribution is -2.32. The van der Waals surface area contributed by atoms with Gasteiger partial charge < -0.3 is 20.5 Å². The molecule has 0 radical (unpaired) electrons. The topological polar surface area (TPSA) is 105 Å². The summed E-state index contributed by atoms with van der Waals surface area (Å²) in [6.45, 7) is 0. The largest absolute Gasteiger partial charge is 0.497 e. The summed E-state index contributed by atoms with van der Waals surface area (Å²) in [6, 6.07) is 11.4. The monoisotopic (exact) mass is 372 g/mol. The Kier molecular flexibility index (Phi) is 5.13. The fourth-order valence-corrected chi connectivity index (χ4v) is 3.64. The Morgan fingerprint density at radius 1 is 1.27 bits per heavy atom. The number of benzene rings is 2. The number of carbonyl (C=O) groups excluding carboxylic acids is 2. The van der Waals surface area contributed by atoms with E-state index in [-0.39, 0.29) is 23.8 Å². The highest BCUT2D eigenvalue weighted by Crippen LogP contribution is 2.37. The van der Waals surface area contributed by atoms with E-state index in [1.165, 1.54) is 31.0 Å². The molecule has 3 N–H and O–H groups in total. The van der Waals surface area contributed by atoms with E-state index in [0.29, 0.717) is 22.0 Å². The molecule has 2 aromatic carbocycles. The summed E-state index contributed by atoms with van der Waals surface area (Å²) in [5.74, 6) is -1.03. The molecule has 0 spiro atoms. The zero-order valence-corrected chi connectivity index (χ0v) is 14.6. The van der Waals surface area contributed by atoms with Crippen LogP contribution in [0.5, 0.6) is 5.75 Å². The predicted molar refractivity (Wildman–Crippen MR) is 97.9 cm³/mol. The molecular formula is C18H16N2O5S. The molecule has 8 heteroatoms. The number of hydrogen-bond acceptors (Lipinski definition) is 5. The Morgan fingerprint density at radius 2 is 2.08 bits per heavy atom. The molecule has 0 bridgehead atoms. The zero-order valence-electron chi connectivity index (χ0n) is 13.8. The molecule has 0 aliphatic carbocycles. The van der Waals surface area contributed by atoms with E-state index >= 15 is 0 Å². The Bertz CT molecular complexity index is 884. The maximum atomic E-state index is 12.3. The molecule has 0 saturated heterocycles. The van der Waals surface area contributed by atoms with Gasteiger partial charge in [0.25, 0.3) is 0 Å². The van der Waals surface area contributed by atoms with Gasteiger partial charge in [-0.3, -0.25) is 9.59 Å². The molecule has 1 aliphatic rings. The van der Waals surface area contributed by atoms with Crippen molar-refractivity contribution in [3.05, 3.63) is 48.0 Å². The maximum absolute atomic E-state index is 12.3. The van der Waals surface area contributed by atoms with Gasteiger partial charge in [-0.15, -0.1) is 11.8 Å². The van der Waals surface area contributed by atoms with Crippen molar-refractivity contribution >= 4 is 40.9 Å². The third kappa shape index (κ3) is 3.97. The second kappa shape index (κ2) is 7.49. The molecule has 7 nitrogen and oxygen atoms in total. The first-order valence-corrected chi connectivity index (χ1v) is 8.63. The Hall–Kier alpha value is -3.00. The molecule has 0 aromatic heterocycles. The van der Waals surface area contributed by atoms with E-state index < -0.39 is 11.2 Å². The van der Waals surface area contributed by atoms with Gasteiger partial charge in [0.1, 0.15) is 5.75 Å². The van der Waals surface area contributed by atoms with Crippen LogP contribution in [0.25, 0.3) is 0 Å². The van der Waals surface area contributed by atoms with Crippen LogP contribution in [0, 0.1) is 0 Å². The lowest BCUT2D eigenvalue weighted by molar-refractivity contribution is -0.120. The molecule has 0 saturated carbocycles. The SMILES string of the molecule is COc1cccc(NC(=O)C[C@@H]2Sc3cc(C(=O)O)ccc3NC2=O)c1. The van der Waals surface area contributed by atoms with Crippen molar-refractivity contribution in [3.63, 3.8) is 0 Å². The molecule has 3 rings (SSSR count). The average molecular weight is 372 g/mol. The first-order valence-electron chi connectivity index (χ1n) is 7.75. The molecule has 134 valence electrons. The van der Waals surface area contributed by atoms with Crippen molar-refractivity contribution in [2.45, 2.75) is 16.6 Å². The quantitative estimate of drug-likeness (QED) is 0.745. The van der Waals surface area contributed by atoms with Gasteiger partial charge in [-0.1, -0.05) is 6.07 Å². The van der Waals surface area contributed by atoms with Crippen LogP contribution in [0.15, 0.2) is 47.4 Å². The average Bonchev–Trinajstić information content (AvgIpc) is 2.62. The first kappa shape index (κ1) is 17.8. The van der Waals surface area contributed by atoms with E-state index in [4.69, 9.17) is 9.84 Å². The highest BCUT2D eigenvalue weighted by atomic mass is 32.2. The first-order chi connectivity index (χ1) is 12.5. The number of carboxylic acid groups (broad SMARTS) is 1. The number of carbonyl (C=O) groups is 3. The second-order valence-corrected chi connectivity index (χ2v) is 6.84. The van der Waals surface area contributed by atoms with Crippen molar-refractivity contribution in [1.29, 1.82) is 0 Å². The maximum Gasteiger partial charge on any atom is 0.335 e. The number of carboxylic acids is 1. The highest BCUT2D eigenvalue weighted by molar-refractivity contribution is 8.01. The third-order valence-corrected chi connectivity index (χ3v) is 5.03. The van der Waals surface area contributed by atoms with Crippen LogP contribution in [0.1, 0.15) is 16.8 Å².